The number of hydrogen-bond donors (Lipinski definition) is 3. The van der Waals surface area contributed by atoms with E-state index in [4.69, 9.17) is 37.0 Å². The third kappa shape index (κ3) is 74.9. The maximum absolute atomic E-state index is 13.1. The molecule has 0 radical (unpaired) electrons. The molecule has 0 heterocycles. The molecule has 0 saturated carbocycles. The van der Waals surface area contributed by atoms with Crippen LogP contribution in [-0.2, 0) is 65.4 Å². The molecule has 0 aliphatic carbocycles. The molecule has 0 fully saturated rings. The van der Waals surface area contributed by atoms with Crippen LogP contribution in [0.25, 0.3) is 0 Å². The number of hydrogen-bond acceptors (Lipinski definition) is 15. The molecule has 0 aliphatic heterocycles. The van der Waals surface area contributed by atoms with E-state index in [1.165, 1.54) is 32.1 Å². The third-order valence-corrected chi connectivity index (χ3v) is 17.9. The van der Waals surface area contributed by atoms with E-state index in [-0.39, 0.29) is 25.7 Å². The first kappa shape index (κ1) is 98.7. The van der Waals surface area contributed by atoms with Gasteiger partial charge < -0.3 is 33.8 Å². The number of carbonyl (C=O) groups is 4. The van der Waals surface area contributed by atoms with Crippen molar-refractivity contribution in [1.82, 2.24) is 0 Å². The molecule has 0 aromatic carbocycles. The van der Waals surface area contributed by atoms with Crippen molar-refractivity contribution in [3.8, 4) is 0 Å². The maximum Gasteiger partial charge on any atom is 0.472 e. The summed E-state index contributed by atoms with van der Waals surface area (Å²) in [5.74, 6) is -2.30. The number of esters is 4. The van der Waals surface area contributed by atoms with Gasteiger partial charge in [0.25, 0.3) is 0 Å². The number of carbonyl (C=O) groups excluding carboxylic acids is 4. The van der Waals surface area contributed by atoms with E-state index >= 15 is 0 Å². The van der Waals surface area contributed by atoms with Crippen LogP contribution >= 0.6 is 15.6 Å². The lowest BCUT2D eigenvalue weighted by atomic mass is 10.1. The number of ether oxygens (including phenoxy) is 4. The number of allylic oxidation sites excluding steroid dienone is 26. The van der Waals surface area contributed by atoms with E-state index in [9.17, 15) is 43.2 Å². The zero-order valence-electron chi connectivity index (χ0n) is 64.6. The van der Waals surface area contributed by atoms with Gasteiger partial charge in [-0.2, -0.15) is 0 Å². The third-order valence-electron chi connectivity index (χ3n) is 16.0. The molecule has 0 aromatic rings. The summed E-state index contributed by atoms with van der Waals surface area (Å²) in [5.41, 5.74) is 0. The minimum atomic E-state index is -5.00. The van der Waals surface area contributed by atoms with Crippen molar-refractivity contribution in [1.29, 1.82) is 0 Å². The Morgan fingerprint density at radius 2 is 0.519 bits per heavy atom. The van der Waals surface area contributed by atoms with Gasteiger partial charge in [0.2, 0.25) is 0 Å². The maximum atomic E-state index is 13.1. The number of phosphoric acid groups is 2. The highest BCUT2D eigenvalue weighted by molar-refractivity contribution is 7.47. The van der Waals surface area contributed by atoms with Gasteiger partial charge in [0.15, 0.2) is 12.2 Å². The topological polar surface area (TPSA) is 237 Å². The van der Waals surface area contributed by atoms with Gasteiger partial charge in [-0.15, -0.1) is 0 Å². The average molecular weight is 1500 g/mol. The van der Waals surface area contributed by atoms with Crippen LogP contribution < -0.4 is 0 Å². The van der Waals surface area contributed by atoms with Crippen LogP contribution in [0.5, 0.6) is 0 Å². The predicted octanol–water partition coefficient (Wildman–Crippen LogP) is 23.2. The number of phosphoric ester groups is 2. The molecule has 0 rings (SSSR count). The summed E-state index contributed by atoms with van der Waals surface area (Å²) in [5, 5.41) is 10.6. The van der Waals surface area contributed by atoms with Crippen LogP contribution in [-0.4, -0.2) is 96.7 Å². The summed E-state index contributed by atoms with van der Waals surface area (Å²) >= 11 is 0. The van der Waals surface area contributed by atoms with Gasteiger partial charge >= 0.3 is 39.5 Å². The largest absolute Gasteiger partial charge is 0.472 e. The minimum Gasteiger partial charge on any atom is -0.462 e. The predicted molar refractivity (Wildman–Crippen MR) is 427 cm³/mol. The molecule has 592 valence electrons. The Balaban J connectivity index is 5.43. The van der Waals surface area contributed by atoms with E-state index in [0.717, 1.165) is 180 Å². The second-order valence-corrected chi connectivity index (χ2v) is 28.8. The molecule has 0 spiro atoms. The normalized spacial score (nSPS) is 14.7. The summed E-state index contributed by atoms with van der Waals surface area (Å²) in [6.45, 7) is 4.45. The second-order valence-electron chi connectivity index (χ2n) is 25.9. The van der Waals surface area contributed by atoms with E-state index < -0.39 is 97.5 Å². The lowest BCUT2D eigenvalue weighted by Crippen LogP contribution is -2.30. The Kier molecular flexibility index (Phi) is 72.0. The highest BCUT2D eigenvalue weighted by Gasteiger charge is 2.30. The first-order chi connectivity index (χ1) is 50.7. The number of aliphatic hydroxyl groups excluding tert-OH is 1. The van der Waals surface area contributed by atoms with Crippen molar-refractivity contribution < 1.29 is 80.2 Å². The molecule has 5 atom stereocenters. The zero-order chi connectivity index (χ0) is 76.0. The van der Waals surface area contributed by atoms with Crippen molar-refractivity contribution in [3.05, 3.63) is 158 Å². The quantitative estimate of drug-likeness (QED) is 0.0169. The summed E-state index contributed by atoms with van der Waals surface area (Å²) in [4.78, 5) is 73.0. The van der Waals surface area contributed by atoms with Crippen LogP contribution in [0.1, 0.15) is 297 Å². The van der Waals surface area contributed by atoms with E-state index in [1.807, 2.05) is 12.2 Å². The summed E-state index contributed by atoms with van der Waals surface area (Å²) in [7, 11) is -10.00. The van der Waals surface area contributed by atoms with Gasteiger partial charge in [-0.1, -0.05) is 269 Å². The molecule has 0 amide bonds. The number of aliphatic hydroxyl groups is 1. The molecular weight excluding hydrogens is 1350 g/mol. The fraction of sp³-hybridized carbons (Fsp3) is 0.647. The highest BCUT2D eigenvalue weighted by atomic mass is 31.2. The summed E-state index contributed by atoms with van der Waals surface area (Å²) in [6, 6.07) is 0. The van der Waals surface area contributed by atoms with Gasteiger partial charge in [0.05, 0.1) is 26.4 Å². The standard InChI is InChI=1S/C85H140O17P2/c1-5-9-13-17-21-25-29-32-35-38-39-42-44-47-51-54-58-62-66-70-83(88)96-76-81(102-85(90)72-68-64-60-56-52-48-45-41-37-34-31-27-23-19-15-11-7-3)78-100-104(93,94)98-74-79(86)73-97-103(91,92)99-77-80(101-84(89)71-67-63-59-55-49-28-24-20-16-12-8-4)75-95-82(87)69-65-61-57-53-50-46-43-40-36-33-30-26-22-18-14-10-6-2/h10-11,14-15,20-27,32-37,39,42-43,45-46,48,56,60,79-81,86H,5-9,12-13,16-19,28-31,38,40-41,44,47,49-55,57-59,61-78H2,1-4H3,(H,91,92)(H,93,94)/b14-10-,15-11-,24-20-,25-21-,26-22-,27-23-,35-32-,36-33-,37-34-,42-39-,46-43-,48-45-,60-56-. The molecule has 0 aromatic heterocycles. The molecule has 0 bridgehead atoms. The zero-order valence-corrected chi connectivity index (χ0v) is 66.4. The lowest BCUT2D eigenvalue weighted by Gasteiger charge is -2.21. The van der Waals surface area contributed by atoms with Crippen molar-refractivity contribution >= 4 is 39.5 Å². The van der Waals surface area contributed by atoms with Gasteiger partial charge in [-0.25, -0.2) is 9.13 Å². The molecule has 0 aliphatic rings. The van der Waals surface area contributed by atoms with E-state index in [2.05, 4.69) is 174 Å². The Hall–Kier alpha value is -5.32. The average Bonchev–Trinajstić information content (AvgIpc) is 0.908. The molecule has 5 unspecified atom stereocenters. The van der Waals surface area contributed by atoms with Gasteiger partial charge in [-0.05, 0) is 161 Å². The smallest absolute Gasteiger partial charge is 0.462 e. The second kappa shape index (κ2) is 75.9. The van der Waals surface area contributed by atoms with Crippen molar-refractivity contribution in [2.45, 2.75) is 316 Å². The van der Waals surface area contributed by atoms with Gasteiger partial charge in [0, 0.05) is 25.7 Å². The van der Waals surface area contributed by atoms with Crippen LogP contribution in [0.3, 0.4) is 0 Å². The molecule has 3 N–H and O–H groups in total. The van der Waals surface area contributed by atoms with Crippen molar-refractivity contribution in [3.63, 3.8) is 0 Å². The summed E-state index contributed by atoms with van der Waals surface area (Å²) in [6.07, 6.45) is 88.1. The monoisotopic (exact) mass is 1490 g/mol. The minimum absolute atomic E-state index is 0.00819. The van der Waals surface area contributed by atoms with Crippen molar-refractivity contribution in [2.24, 2.45) is 0 Å². The summed E-state index contributed by atoms with van der Waals surface area (Å²) < 4.78 is 68.5. The van der Waals surface area contributed by atoms with E-state index in [0.29, 0.717) is 32.1 Å². The molecule has 19 heteroatoms. The number of rotatable bonds is 73. The molecule has 17 nitrogen and oxygen atoms in total. The fourth-order valence-corrected chi connectivity index (χ4v) is 11.5. The Morgan fingerprint density at radius 1 is 0.279 bits per heavy atom. The Bertz CT molecular complexity index is 2590. The van der Waals surface area contributed by atoms with Gasteiger partial charge in [0.1, 0.15) is 19.3 Å². The first-order valence-electron chi connectivity index (χ1n) is 39.7. The van der Waals surface area contributed by atoms with Gasteiger partial charge in [-0.3, -0.25) is 37.3 Å². The lowest BCUT2D eigenvalue weighted by molar-refractivity contribution is -0.161. The molecule has 0 saturated heterocycles. The molecular formula is C85H140O17P2. The first-order valence-corrected chi connectivity index (χ1v) is 42.7. The van der Waals surface area contributed by atoms with Crippen LogP contribution in [0.2, 0.25) is 0 Å². The fourth-order valence-electron chi connectivity index (χ4n) is 9.94. The Labute approximate surface area is 629 Å². The van der Waals surface area contributed by atoms with Crippen LogP contribution in [0.4, 0.5) is 0 Å². The number of unbranched alkanes of at least 4 members (excludes halogenated alkanes) is 21. The SMILES string of the molecule is CC/C=C\C/C=C\C/C=C\C/C=C\C/C=C\CCCC(=O)OC(COC(=O)CCCCCCCC/C=C\C/C=C\C/C=C\CCCCC)COP(=O)(O)OCC(O)COP(=O)(O)OCC(COC(=O)CCCCCC/C=C\C/C=C\C/C=C\C/C=C\CC)OC(=O)CCCCCCC/C=C\CCCC. The highest BCUT2D eigenvalue weighted by Crippen LogP contribution is 2.45. The van der Waals surface area contributed by atoms with Crippen molar-refractivity contribution in [2.75, 3.05) is 39.6 Å². The van der Waals surface area contributed by atoms with E-state index in [1.54, 1.807) is 0 Å². The van der Waals surface area contributed by atoms with Crippen LogP contribution in [0, 0.1) is 0 Å². The Morgan fingerprint density at radius 3 is 0.846 bits per heavy atom. The molecule has 104 heavy (non-hydrogen) atoms. The van der Waals surface area contributed by atoms with Crippen LogP contribution in [0.15, 0.2) is 158 Å².